The summed E-state index contributed by atoms with van der Waals surface area (Å²) in [7, 11) is 0. The minimum absolute atomic E-state index is 0.0671. The minimum atomic E-state index is -1.18. The van der Waals surface area contributed by atoms with E-state index in [0.29, 0.717) is 0 Å². The summed E-state index contributed by atoms with van der Waals surface area (Å²) >= 11 is 0. The Balaban J connectivity index is 1.87. The summed E-state index contributed by atoms with van der Waals surface area (Å²) < 4.78 is 0. The third kappa shape index (κ3) is 4.49. The van der Waals surface area contributed by atoms with Crippen molar-refractivity contribution < 1.29 is 9.90 Å². The number of piperidine rings is 1. The van der Waals surface area contributed by atoms with Gasteiger partial charge < -0.3 is 10.0 Å². The fraction of sp³-hybridized carbons (Fsp3) is 0.467. The number of fused-ring (bicyclic) bond motifs is 3. The van der Waals surface area contributed by atoms with Gasteiger partial charge in [-0.25, -0.2) is 4.79 Å². The van der Waals surface area contributed by atoms with Crippen LogP contribution in [0.2, 0.25) is 0 Å². The molecule has 2 aromatic carbocycles. The van der Waals surface area contributed by atoms with Gasteiger partial charge in [0.05, 0.1) is 0 Å². The number of nitriles is 1. The molecule has 1 aliphatic carbocycles. The van der Waals surface area contributed by atoms with Crippen LogP contribution in [0.3, 0.4) is 0 Å². The van der Waals surface area contributed by atoms with E-state index in [1.807, 2.05) is 12.1 Å². The van der Waals surface area contributed by atoms with Crippen LogP contribution in [0.25, 0.3) is 17.2 Å². The van der Waals surface area contributed by atoms with Gasteiger partial charge in [-0.3, -0.25) is 0 Å². The van der Waals surface area contributed by atoms with E-state index < -0.39 is 5.97 Å². The molecule has 0 radical (unpaired) electrons. The van der Waals surface area contributed by atoms with Gasteiger partial charge in [0.25, 0.3) is 0 Å². The molecule has 2 aliphatic rings. The number of hydrogen-bond donors (Lipinski definition) is 1. The predicted octanol–water partition coefficient (Wildman–Crippen LogP) is 7.32. The maximum Gasteiger partial charge on any atom is 0.346 e. The van der Waals surface area contributed by atoms with Crippen molar-refractivity contribution in [2.24, 2.45) is 0 Å². The molecule has 0 bridgehead atoms. The first-order valence-corrected chi connectivity index (χ1v) is 12.9. The molecular weight excluding hydrogens is 420 g/mol. The van der Waals surface area contributed by atoms with Crippen molar-refractivity contribution in [2.45, 2.75) is 77.0 Å². The highest BCUT2D eigenvalue weighted by atomic mass is 16.4. The molecule has 0 spiro atoms. The number of nitrogens with zero attached hydrogens (tertiary/aromatic N) is 2. The number of anilines is 1. The summed E-state index contributed by atoms with van der Waals surface area (Å²) in [6, 6.07) is 15.1. The SMILES string of the molecule is CCCCC1(CCCC)c2cc(/C=C(/C#N)C(=O)O)ccc2-c2ccc(N3CCCCC3)cc21. The second kappa shape index (κ2) is 10.5. The summed E-state index contributed by atoms with van der Waals surface area (Å²) in [5, 5.41) is 18.6. The van der Waals surface area contributed by atoms with Crippen LogP contribution in [-0.2, 0) is 10.2 Å². The normalized spacial score (nSPS) is 16.6. The summed E-state index contributed by atoms with van der Waals surface area (Å²) in [6.07, 6.45) is 12.1. The number of benzene rings is 2. The van der Waals surface area contributed by atoms with E-state index in [-0.39, 0.29) is 11.0 Å². The monoisotopic (exact) mass is 456 g/mol. The molecule has 0 amide bonds. The maximum atomic E-state index is 11.4. The van der Waals surface area contributed by atoms with E-state index in [9.17, 15) is 15.2 Å². The number of carboxylic acids is 1. The quantitative estimate of drug-likeness (QED) is 0.317. The van der Waals surface area contributed by atoms with E-state index in [0.717, 1.165) is 57.2 Å². The van der Waals surface area contributed by atoms with Gasteiger partial charge in [-0.15, -0.1) is 0 Å². The van der Waals surface area contributed by atoms with Crippen molar-refractivity contribution in [1.82, 2.24) is 0 Å². The molecule has 1 N–H and O–H groups in total. The molecule has 0 unspecified atom stereocenters. The third-order valence-electron chi connectivity index (χ3n) is 7.67. The molecule has 1 saturated heterocycles. The highest BCUT2D eigenvalue weighted by Gasteiger charge is 2.42. The van der Waals surface area contributed by atoms with E-state index in [1.165, 1.54) is 53.3 Å². The second-order valence-corrected chi connectivity index (χ2v) is 9.85. The first-order valence-electron chi connectivity index (χ1n) is 12.9. The smallest absolute Gasteiger partial charge is 0.346 e. The lowest BCUT2D eigenvalue weighted by molar-refractivity contribution is -0.132. The zero-order valence-corrected chi connectivity index (χ0v) is 20.6. The van der Waals surface area contributed by atoms with Crippen molar-refractivity contribution in [3.63, 3.8) is 0 Å². The Morgan fingerprint density at radius 1 is 1.00 bits per heavy atom. The van der Waals surface area contributed by atoms with Crippen LogP contribution in [0, 0.1) is 11.3 Å². The van der Waals surface area contributed by atoms with Crippen molar-refractivity contribution in [3.05, 3.63) is 58.7 Å². The Labute approximate surface area is 203 Å². The van der Waals surface area contributed by atoms with Crippen LogP contribution >= 0.6 is 0 Å². The van der Waals surface area contributed by atoms with E-state index in [4.69, 9.17) is 0 Å². The number of hydrogen-bond acceptors (Lipinski definition) is 3. The summed E-state index contributed by atoms with van der Waals surface area (Å²) in [4.78, 5) is 14.0. The highest BCUT2D eigenvalue weighted by Crippen LogP contribution is 2.55. The Morgan fingerprint density at radius 2 is 1.62 bits per heavy atom. The number of unbranched alkanes of at least 4 members (excludes halogenated alkanes) is 2. The van der Waals surface area contributed by atoms with Crippen molar-refractivity contribution in [1.29, 1.82) is 5.26 Å². The second-order valence-electron chi connectivity index (χ2n) is 9.85. The van der Waals surface area contributed by atoms with Crippen LogP contribution in [-0.4, -0.2) is 24.2 Å². The number of carboxylic acid groups (broad SMARTS) is 1. The molecule has 1 fully saturated rings. The fourth-order valence-electron chi connectivity index (χ4n) is 5.87. The lowest BCUT2D eigenvalue weighted by atomic mass is 9.70. The van der Waals surface area contributed by atoms with E-state index in [2.05, 4.69) is 49.1 Å². The zero-order valence-electron chi connectivity index (χ0n) is 20.6. The van der Waals surface area contributed by atoms with Crippen LogP contribution in [0.5, 0.6) is 0 Å². The molecule has 1 heterocycles. The summed E-state index contributed by atoms with van der Waals surface area (Å²) in [5.41, 5.74) is 7.15. The van der Waals surface area contributed by atoms with Crippen LogP contribution in [0.4, 0.5) is 5.69 Å². The molecule has 0 atom stereocenters. The van der Waals surface area contributed by atoms with Gasteiger partial charge >= 0.3 is 5.97 Å². The third-order valence-corrected chi connectivity index (χ3v) is 7.67. The standard InChI is InChI=1S/C30H36N2O2/c1-3-5-14-30(15-6-4-2)27-19-22(18-23(21-31)29(33)34)10-12-25(27)26-13-11-24(20-28(26)30)32-16-8-7-9-17-32/h10-13,18-20H,3-9,14-17H2,1-2H3,(H,33,34)/b23-18-. The molecule has 0 aromatic heterocycles. The molecule has 178 valence electrons. The molecule has 0 saturated carbocycles. The zero-order chi connectivity index (χ0) is 24.1. The topological polar surface area (TPSA) is 64.3 Å². The lowest BCUT2D eigenvalue weighted by Crippen LogP contribution is -2.30. The average Bonchev–Trinajstić information content (AvgIpc) is 3.13. The Morgan fingerprint density at radius 3 is 2.21 bits per heavy atom. The molecular formula is C30H36N2O2. The molecule has 4 rings (SSSR count). The van der Waals surface area contributed by atoms with Crippen LogP contribution in [0.1, 0.15) is 88.3 Å². The average molecular weight is 457 g/mol. The minimum Gasteiger partial charge on any atom is -0.477 e. The Bertz CT molecular complexity index is 1110. The summed E-state index contributed by atoms with van der Waals surface area (Å²) in [5.74, 6) is -1.18. The van der Waals surface area contributed by atoms with Crippen molar-refractivity contribution in [2.75, 3.05) is 18.0 Å². The predicted molar refractivity (Wildman–Crippen MR) is 139 cm³/mol. The van der Waals surface area contributed by atoms with Crippen molar-refractivity contribution in [3.8, 4) is 17.2 Å². The van der Waals surface area contributed by atoms with Gasteiger partial charge in [-0.1, -0.05) is 63.8 Å². The Hall–Kier alpha value is -3.06. The van der Waals surface area contributed by atoms with Crippen molar-refractivity contribution >= 4 is 17.7 Å². The van der Waals surface area contributed by atoms with Crippen LogP contribution in [0.15, 0.2) is 42.0 Å². The summed E-state index contributed by atoms with van der Waals surface area (Å²) in [6.45, 7) is 6.76. The highest BCUT2D eigenvalue weighted by molar-refractivity contribution is 5.96. The number of rotatable bonds is 9. The maximum absolute atomic E-state index is 11.4. The Kier molecular flexibility index (Phi) is 7.41. The molecule has 1 aliphatic heterocycles. The van der Waals surface area contributed by atoms with Gasteiger partial charge in [0.2, 0.25) is 0 Å². The molecule has 2 aromatic rings. The van der Waals surface area contributed by atoms with Gasteiger partial charge in [0.1, 0.15) is 11.6 Å². The number of aliphatic carboxylic acids is 1. The van der Waals surface area contributed by atoms with Gasteiger partial charge in [0, 0.05) is 24.2 Å². The van der Waals surface area contributed by atoms with Gasteiger partial charge in [-0.2, -0.15) is 5.26 Å². The fourth-order valence-corrected chi connectivity index (χ4v) is 5.87. The van der Waals surface area contributed by atoms with E-state index >= 15 is 0 Å². The number of carbonyl (C=O) groups is 1. The molecule has 4 nitrogen and oxygen atoms in total. The first kappa shape index (κ1) is 24.1. The molecule has 4 heteroatoms. The van der Waals surface area contributed by atoms with E-state index in [1.54, 1.807) is 0 Å². The van der Waals surface area contributed by atoms with Gasteiger partial charge in [0.15, 0.2) is 0 Å². The lowest BCUT2D eigenvalue weighted by Gasteiger charge is -2.34. The first-order chi connectivity index (χ1) is 16.5. The van der Waals surface area contributed by atoms with Gasteiger partial charge in [-0.05, 0) is 78.1 Å². The molecule has 34 heavy (non-hydrogen) atoms. The largest absolute Gasteiger partial charge is 0.477 e. The van der Waals surface area contributed by atoms with Crippen LogP contribution < -0.4 is 4.90 Å².